The first-order valence-corrected chi connectivity index (χ1v) is 7.99. The highest BCUT2D eigenvalue weighted by atomic mass is 35.5. The van der Waals surface area contributed by atoms with Crippen LogP contribution in [0.3, 0.4) is 0 Å². The van der Waals surface area contributed by atoms with Gasteiger partial charge in [-0.1, -0.05) is 42.3 Å². The summed E-state index contributed by atoms with van der Waals surface area (Å²) >= 11 is 12.1. The summed E-state index contributed by atoms with van der Waals surface area (Å²) in [6.07, 6.45) is 2.27. The van der Waals surface area contributed by atoms with Crippen LogP contribution < -0.4 is 5.32 Å². The zero-order valence-electron chi connectivity index (χ0n) is 12.7. The van der Waals surface area contributed by atoms with Crippen molar-refractivity contribution >= 4 is 40.6 Å². The number of amides is 1. The molecule has 0 saturated heterocycles. The second-order valence-electron chi connectivity index (χ2n) is 5.22. The van der Waals surface area contributed by atoms with Crippen molar-refractivity contribution in [3.63, 3.8) is 0 Å². The van der Waals surface area contributed by atoms with Crippen LogP contribution in [0.1, 0.15) is 18.9 Å². The molecule has 0 aliphatic heterocycles. The molecule has 2 aromatic heterocycles. The average Bonchev–Trinajstić information content (AvgIpc) is 2.90. The predicted octanol–water partition coefficient (Wildman–Crippen LogP) is 4.97. The van der Waals surface area contributed by atoms with Crippen molar-refractivity contribution in [2.75, 3.05) is 5.32 Å². The number of pyridine rings is 1. The van der Waals surface area contributed by atoms with Crippen LogP contribution in [-0.4, -0.2) is 15.3 Å². The van der Waals surface area contributed by atoms with Gasteiger partial charge in [-0.05, 0) is 30.7 Å². The topological polar surface area (TPSA) is 46.4 Å². The molecule has 118 valence electrons. The molecule has 1 amide bonds. The summed E-state index contributed by atoms with van der Waals surface area (Å²) in [5.74, 6) is 0.559. The van der Waals surface area contributed by atoms with E-state index in [4.69, 9.17) is 23.2 Å². The first kappa shape index (κ1) is 15.8. The molecule has 1 N–H and O–H groups in total. The number of rotatable bonds is 3. The number of aromatic nitrogens is 2. The Morgan fingerprint density at radius 2 is 2.04 bits per heavy atom. The average molecular weight is 348 g/mol. The van der Waals surface area contributed by atoms with E-state index in [-0.39, 0.29) is 5.91 Å². The Morgan fingerprint density at radius 1 is 1.26 bits per heavy atom. The lowest BCUT2D eigenvalue weighted by molar-refractivity contribution is -0.115. The Morgan fingerprint density at radius 3 is 2.74 bits per heavy atom. The van der Waals surface area contributed by atoms with Gasteiger partial charge >= 0.3 is 0 Å². The Bertz CT molecular complexity index is 902. The van der Waals surface area contributed by atoms with Crippen LogP contribution in [0.15, 0.2) is 36.5 Å². The van der Waals surface area contributed by atoms with Gasteiger partial charge in [0.15, 0.2) is 0 Å². The molecule has 0 aliphatic carbocycles. The summed E-state index contributed by atoms with van der Waals surface area (Å²) < 4.78 is 1.88. The number of nitrogens with one attached hydrogen (secondary N) is 1. The highest BCUT2D eigenvalue weighted by Gasteiger charge is 2.17. The molecule has 6 heteroatoms. The molecule has 1 aromatic carbocycles. The molecule has 3 rings (SSSR count). The summed E-state index contributed by atoms with van der Waals surface area (Å²) in [5, 5.41) is 3.86. The summed E-state index contributed by atoms with van der Waals surface area (Å²) in [6.45, 7) is 3.79. The minimum absolute atomic E-state index is 0.0744. The fraction of sp³-hybridized carbons (Fsp3) is 0.176. The zero-order valence-corrected chi connectivity index (χ0v) is 14.2. The normalized spacial score (nSPS) is 11.0. The van der Waals surface area contributed by atoms with E-state index in [0.717, 1.165) is 16.8 Å². The molecule has 0 spiro atoms. The number of hydrogen-bond acceptors (Lipinski definition) is 2. The van der Waals surface area contributed by atoms with Gasteiger partial charge in [-0.3, -0.25) is 9.20 Å². The number of aryl methyl sites for hydroxylation is 1. The van der Waals surface area contributed by atoms with Crippen molar-refractivity contribution in [1.82, 2.24) is 9.38 Å². The number of nitrogens with zero attached hydrogens (tertiary/aromatic N) is 2. The van der Waals surface area contributed by atoms with E-state index in [9.17, 15) is 4.79 Å². The van der Waals surface area contributed by atoms with Gasteiger partial charge < -0.3 is 5.32 Å². The molecule has 0 aliphatic rings. The lowest BCUT2D eigenvalue weighted by Crippen LogP contribution is -2.12. The summed E-state index contributed by atoms with van der Waals surface area (Å²) in [6, 6.07) is 9.22. The SMILES string of the molecule is CCC(=O)Nc1c(-c2ccc(Cl)c(Cl)c2)nc2c(C)cccn12. The monoisotopic (exact) mass is 347 g/mol. The van der Waals surface area contributed by atoms with Crippen LogP contribution in [0, 0.1) is 6.92 Å². The van der Waals surface area contributed by atoms with Crippen LogP contribution in [0.25, 0.3) is 16.9 Å². The van der Waals surface area contributed by atoms with Crippen molar-refractivity contribution in [3.05, 3.63) is 52.1 Å². The maximum Gasteiger partial charge on any atom is 0.225 e. The third-order valence-electron chi connectivity index (χ3n) is 3.62. The van der Waals surface area contributed by atoms with Crippen molar-refractivity contribution in [1.29, 1.82) is 0 Å². The van der Waals surface area contributed by atoms with Gasteiger partial charge in [-0.2, -0.15) is 0 Å². The number of halogens is 2. The quantitative estimate of drug-likeness (QED) is 0.727. The minimum atomic E-state index is -0.0744. The zero-order chi connectivity index (χ0) is 16.6. The maximum atomic E-state index is 11.9. The Kier molecular flexibility index (Phi) is 4.28. The molecule has 0 atom stereocenters. The Balaban J connectivity index is 2.25. The molecule has 0 bridgehead atoms. The van der Waals surface area contributed by atoms with Crippen LogP contribution in [0.2, 0.25) is 10.0 Å². The molecular weight excluding hydrogens is 333 g/mol. The number of fused-ring (bicyclic) bond motifs is 1. The Hall–Kier alpha value is -2.04. The molecule has 4 nitrogen and oxygen atoms in total. The number of imidazole rings is 1. The third-order valence-corrected chi connectivity index (χ3v) is 4.36. The van der Waals surface area contributed by atoms with Crippen LogP contribution in [0.4, 0.5) is 5.82 Å². The van der Waals surface area contributed by atoms with Gasteiger partial charge in [-0.25, -0.2) is 4.98 Å². The van der Waals surface area contributed by atoms with E-state index >= 15 is 0 Å². The number of benzene rings is 1. The minimum Gasteiger partial charge on any atom is -0.310 e. The lowest BCUT2D eigenvalue weighted by atomic mass is 10.1. The third kappa shape index (κ3) is 2.92. The Labute approximate surface area is 144 Å². The molecule has 0 fully saturated rings. The van der Waals surface area contributed by atoms with E-state index < -0.39 is 0 Å². The van der Waals surface area contributed by atoms with Gasteiger partial charge in [0.1, 0.15) is 17.2 Å². The van der Waals surface area contributed by atoms with Crippen molar-refractivity contribution in [3.8, 4) is 11.3 Å². The first-order valence-electron chi connectivity index (χ1n) is 7.24. The van der Waals surface area contributed by atoms with Gasteiger partial charge in [-0.15, -0.1) is 0 Å². The largest absolute Gasteiger partial charge is 0.310 e. The number of hydrogen-bond donors (Lipinski definition) is 1. The van der Waals surface area contributed by atoms with Gasteiger partial charge in [0, 0.05) is 18.2 Å². The fourth-order valence-electron chi connectivity index (χ4n) is 2.39. The molecule has 0 radical (unpaired) electrons. The van der Waals surface area contributed by atoms with E-state index in [1.807, 2.05) is 42.6 Å². The highest BCUT2D eigenvalue weighted by Crippen LogP contribution is 2.33. The molecule has 2 heterocycles. The summed E-state index contributed by atoms with van der Waals surface area (Å²) in [7, 11) is 0. The van der Waals surface area contributed by atoms with Crippen LogP contribution >= 0.6 is 23.2 Å². The number of carbonyl (C=O) groups is 1. The fourth-order valence-corrected chi connectivity index (χ4v) is 2.69. The standard InChI is InChI=1S/C17H15Cl2N3O/c1-3-14(23)20-17-15(11-6-7-12(18)13(19)9-11)21-16-10(2)5-4-8-22(16)17/h4-9H,3H2,1-2H3,(H,20,23). The second kappa shape index (κ2) is 6.22. The van der Waals surface area contributed by atoms with Crippen LogP contribution in [0.5, 0.6) is 0 Å². The molecule has 0 saturated carbocycles. The lowest BCUT2D eigenvalue weighted by Gasteiger charge is -2.07. The molecule has 3 aromatic rings. The van der Waals surface area contributed by atoms with E-state index in [1.54, 1.807) is 12.1 Å². The molecule has 23 heavy (non-hydrogen) atoms. The number of carbonyl (C=O) groups excluding carboxylic acids is 1. The number of anilines is 1. The highest BCUT2D eigenvalue weighted by molar-refractivity contribution is 6.42. The molecular formula is C17H15Cl2N3O. The van der Waals surface area contributed by atoms with Gasteiger partial charge in [0.2, 0.25) is 5.91 Å². The first-order chi connectivity index (χ1) is 11.0. The summed E-state index contributed by atoms with van der Waals surface area (Å²) in [5.41, 5.74) is 3.28. The summed E-state index contributed by atoms with van der Waals surface area (Å²) in [4.78, 5) is 16.6. The van der Waals surface area contributed by atoms with Crippen molar-refractivity contribution in [2.24, 2.45) is 0 Å². The van der Waals surface area contributed by atoms with E-state index in [1.165, 1.54) is 0 Å². The van der Waals surface area contributed by atoms with Crippen molar-refractivity contribution in [2.45, 2.75) is 20.3 Å². The van der Waals surface area contributed by atoms with E-state index in [2.05, 4.69) is 10.3 Å². The predicted molar refractivity (Wildman–Crippen MR) is 94.3 cm³/mol. The smallest absolute Gasteiger partial charge is 0.225 e. The van der Waals surface area contributed by atoms with Gasteiger partial charge in [0.25, 0.3) is 0 Å². The second-order valence-corrected chi connectivity index (χ2v) is 6.04. The van der Waals surface area contributed by atoms with Crippen LogP contribution in [-0.2, 0) is 4.79 Å². The van der Waals surface area contributed by atoms with Crippen molar-refractivity contribution < 1.29 is 4.79 Å². The maximum absolute atomic E-state index is 11.9. The van der Waals surface area contributed by atoms with Gasteiger partial charge in [0.05, 0.1) is 10.0 Å². The molecule has 0 unspecified atom stereocenters. The van der Waals surface area contributed by atoms with E-state index in [0.29, 0.717) is 28.0 Å².